The average Bonchev–Trinajstić information content (AvgIpc) is 2.33. The molecule has 0 unspecified atom stereocenters. The molecule has 1 rings (SSSR count). The first-order chi connectivity index (χ1) is 10.1. The van der Waals surface area contributed by atoms with Gasteiger partial charge >= 0.3 is 7.12 Å². The van der Waals surface area contributed by atoms with Crippen LogP contribution >= 0.6 is 0 Å². The van der Waals surface area contributed by atoms with E-state index < -0.39 is 56.5 Å². The molecule has 0 aliphatic heterocycles. The Morgan fingerprint density at radius 3 is 3.38 bits per heavy atom. The van der Waals surface area contributed by atoms with Crippen molar-refractivity contribution in [1.82, 2.24) is 4.98 Å². The molecule has 0 atom stereocenters. The topological polar surface area (TPSA) is 62.6 Å². The smallest absolute Gasteiger partial charge is 0.478 e. The summed E-state index contributed by atoms with van der Waals surface area (Å²) in [4.78, 5) is 3.25. The summed E-state index contributed by atoms with van der Waals surface area (Å²) in [5.74, 6) is -1.03. The highest BCUT2D eigenvalue weighted by Crippen LogP contribution is 2.02. The van der Waals surface area contributed by atoms with Crippen molar-refractivity contribution in [2.24, 2.45) is 0 Å². The first-order valence-electron chi connectivity index (χ1n) is 8.16. The fourth-order valence-electron chi connectivity index (χ4n) is 0.565. The van der Waals surface area contributed by atoms with Crippen molar-refractivity contribution >= 4 is 12.6 Å². The highest BCUT2D eigenvalue weighted by atomic mass is 16.5. The third-order valence-electron chi connectivity index (χ3n) is 1.05. The van der Waals surface area contributed by atoms with E-state index in [1.807, 2.05) is 0 Å². The first-order valence-corrected chi connectivity index (χ1v) is 3.16. The van der Waals surface area contributed by atoms with Gasteiger partial charge in [0, 0.05) is 19.1 Å². The number of aromatic nitrogens is 1. The van der Waals surface area contributed by atoms with Gasteiger partial charge in [-0.05, 0) is 17.9 Å². The zero-order valence-electron chi connectivity index (χ0n) is 16.3. The minimum atomic E-state index is -3.49. The number of hydrogen-bond donors (Lipinski definition) is 2. The standard InChI is InChI=1S/C8H12BNO3/c1-2-5-13-8-6-7(9(11)12)3-4-10-8/h3-4,6,11-12H,2,5H2,1H3/i1D3,2D2,3D,4D,5D2,6D. The molecule has 0 radical (unpaired) electrons. The Morgan fingerprint density at radius 1 is 1.85 bits per heavy atom. The third kappa shape index (κ3) is 3.04. The summed E-state index contributed by atoms with van der Waals surface area (Å²) in [7, 11) is -2.35. The van der Waals surface area contributed by atoms with Gasteiger partial charge in [-0.3, -0.25) is 0 Å². The van der Waals surface area contributed by atoms with Crippen molar-refractivity contribution < 1.29 is 28.5 Å². The van der Waals surface area contributed by atoms with Crippen LogP contribution in [0.3, 0.4) is 0 Å². The number of hydrogen-bond acceptors (Lipinski definition) is 4. The molecule has 0 amide bonds. The molecule has 1 heterocycles. The Labute approximate surface area is 91.4 Å². The van der Waals surface area contributed by atoms with E-state index in [9.17, 15) is 0 Å². The first kappa shape index (κ1) is 2.97. The molecule has 0 spiro atoms. The lowest BCUT2D eigenvalue weighted by Crippen LogP contribution is -2.29. The van der Waals surface area contributed by atoms with E-state index in [0.717, 1.165) is 0 Å². The van der Waals surface area contributed by atoms with Crippen molar-refractivity contribution in [3.63, 3.8) is 0 Å². The molecular formula is C8H12BNO3. The van der Waals surface area contributed by atoms with Crippen LogP contribution in [0.4, 0.5) is 0 Å². The summed E-state index contributed by atoms with van der Waals surface area (Å²) in [6.45, 7) is -6.88. The maximum absolute atomic E-state index is 9.11. The zero-order chi connectivity index (χ0) is 18.4. The van der Waals surface area contributed by atoms with E-state index in [1.54, 1.807) is 0 Å². The van der Waals surface area contributed by atoms with Gasteiger partial charge in [-0.15, -0.1) is 0 Å². The van der Waals surface area contributed by atoms with Crippen LogP contribution in [0.1, 0.15) is 26.9 Å². The number of pyridine rings is 1. The van der Waals surface area contributed by atoms with Gasteiger partial charge < -0.3 is 14.8 Å². The molecule has 5 heteroatoms. The SMILES string of the molecule is [2H]c1nc(OC([2H])([2H])C([2H])([2H])C([2H])([2H])[2H])c([2H])c(B(O)O)c1[2H]. The van der Waals surface area contributed by atoms with Gasteiger partial charge in [-0.25, -0.2) is 4.98 Å². The predicted octanol–water partition coefficient (Wildman–Crippen LogP) is -0.450. The molecule has 70 valence electrons. The van der Waals surface area contributed by atoms with Crippen molar-refractivity contribution in [3.05, 3.63) is 18.3 Å². The molecule has 13 heavy (non-hydrogen) atoms. The minimum Gasteiger partial charge on any atom is -0.478 e. The largest absolute Gasteiger partial charge is 0.488 e. The Kier molecular flexibility index (Phi) is 1.10. The molecule has 0 aliphatic rings. The predicted molar refractivity (Wildman–Crippen MR) is 49.8 cm³/mol. The summed E-state index contributed by atoms with van der Waals surface area (Å²) >= 11 is 0. The van der Waals surface area contributed by atoms with Gasteiger partial charge in [0.25, 0.3) is 0 Å². The van der Waals surface area contributed by atoms with Crippen LogP contribution in [0, 0.1) is 0 Å². The second-order valence-corrected chi connectivity index (χ2v) is 1.90. The van der Waals surface area contributed by atoms with E-state index in [1.165, 1.54) is 0 Å². The van der Waals surface area contributed by atoms with Gasteiger partial charge in [0.15, 0.2) is 0 Å². The fourth-order valence-corrected chi connectivity index (χ4v) is 0.565. The molecule has 0 aliphatic carbocycles. The molecule has 0 saturated heterocycles. The summed E-state index contributed by atoms with van der Waals surface area (Å²) in [6.07, 6.45) is -4.38. The van der Waals surface area contributed by atoms with Crippen LogP contribution in [0.25, 0.3) is 0 Å². The van der Waals surface area contributed by atoms with E-state index in [0.29, 0.717) is 0 Å². The van der Waals surface area contributed by atoms with E-state index in [2.05, 4.69) is 9.72 Å². The van der Waals surface area contributed by atoms with Gasteiger partial charge in [-0.1, -0.05) is 6.85 Å². The molecule has 0 fully saturated rings. The molecular weight excluding hydrogens is 169 g/mol. The normalized spacial score (nSPS) is 24.2. The lowest BCUT2D eigenvalue weighted by atomic mass is 9.81. The van der Waals surface area contributed by atoms with Crippen LogP contribution in [-0.4, -0.2) is 28.7 Å². The number of ether oxygens (including phenoxy) is 1. The summed E-state index contributed by atoms with van der Waals surface area (Å²) in [5, 5.41) is 18.2. The van der Waals surface area contributed by atoms with Crippen LogP contribution in [-0.2, 0) is 0 Å². The van der Waals surface area contributed by atoms with Crippen molar-refractivity contribution in [2.45, 2.75) is 13.2 Å². The Balaban J connectivity index is 3.40. The highest BCUT2D eigenvalue weighted by molar-refractivity contribution is 6.58. The van der Waals surface area contributed by atoms with Crippen molar-refractivity contribution in [1.29, 1.82) is 0 Å². The van der Waals surface area contributed by atoms with Crippen LogP contribution in [0.15, 0.2) is 18.3 Å². The van der Waals surface area contributed by atoms with Crippen molar-refractivity contribution in [2.75, 3.05) is 6.56 Å². The van der Waals surface area contributed by atoms with E-state index >= 15 is 0 Å². The lowest BCUT2D eigenvalue weighted by molar-refractivity contribution is 0.305. The quantitative estimate of drug-likeness (QED) is 0.632. The summed E-state index contributed by atoms with van der Waals surface area (Å²) in [6, 6.07) is -1.78. The number of rotatable bonds is 4. The molecule has 0 aromatic carbocycles. The van der Waals surface area contributed by atoms with Crippen LogP contribution in [0.5, 0.6) is 5.88 Å². The van der Waals surface area contributed by atoms with Crippen LogP contribution in [0.2, 0.25) is 0 Å². The molecule has 0 saturated carbocycles. The Hall–Kier alpha value is -1.07. The van der Waals surface area contributed by atoms with Crippen molar-refractivity contribution in [3.8, 4) is 5.88 Å². The van der Waals surface area contributed by atoms with Gasteiger partial charge in [-0.2, -0.15) is 0 Å². The van der Waals surface area contributed by atoms with Crippen LogP contribution < -0.4 is 10.2 Å². The summed E-state index contributed by atoms with van der Waals surface area (Å²) < 4.78 is 77.7. The second-order valence-electron chi connectivity index (χ2n) is 1.90. The molecule has 1 aromatic rings. The Morgan fingerprint density at radius 2 is 2.69 bits per heavy atom. The zero-order valence-corrected chi connectivity index (χ0v) is 6.33. The summed E-state index contributed by atoms with van der Waals surface area (Å²) in [5.41, 5.74) is -0.801. The van der Waals surface area contributed by atoms with E-state index in [4.69, 9.17) is 23.8 Å². The molecule has 1 aromatic heterocycles. The van der Waals surface area contributed by atoms with Gasteiger partial charge in [0.2, 0.25) is 5.88 Å². The Bertz CT molecular complexity index is 605. The monoisotopic (exact) mass is 191 g/mol. The molecule has 2 N–H and O–H groups in total. The maximum atomic E-state index is 9.11. The maximum Gasteiger partial charge on any atom is 0.488 e. The average molecular weight is 191 g/mol. The number of nitrogens with zero attached hydrogens (tertiary/aromatic N) is 1. The molecule has 0 bridgehead atoms. The molecule has 4 nitrogen and oxygen atoms in total. The second kappa shape index (κ2) is 4.84. The third-order valence-corrected chi connectivity index (χ3v) is 1.05. The van der Waals surface area contributed by atoms with Gasteiger partial charge in [0.1, 0.15) is 0 Å². The fraction of sp³-hybridized carbons (Fsp3) is 0.375. The lowest BCUT2D eigenvalue weighted by Gasteiger charge is -2.04. The highest BCUT2D eigenvalue weighted by Gasteiger charge is 2.11. The van der Waals surface area contributed by atoms with E-state index in [-0.39, 0.29) is 0 Å². The minimum absolute atomic E-state index is 0.801. The van der Waals surface area contributed by atoms with Gasteiger partial charge in [0.05, 0.1) is 13.4 Å².